The fourth-order valence-electron chi connectivity index (χ4n) is 7.90. The number of nitrogens with one attached hydrogen (secondary N) is 2. The number of likely N-dealkylation sites (tertiary alicyclic amines) is 1. The predicted molar refractivity (Wildman–Crippen MR) is 184 cm³/mol. The molecule has 2 aromatic carbocycles. The summed E-state index contributed by atoms with van der Waals surface area (Å²) in [6.45, 7) is 5.89. The molecule has 1 saturated carbocycles. The Morgan fingerprint density at radius 3 is 2.04 bits per heavy atom. The Labute approximate surface area is 287 Å². The van der Waals surface area contributed by atoms with Gasteiger partial charge in [-0.05, 0) is 105 Å². The van der Waals surface area contributed by atoms with Gasteiger partial charge in [0.25, 0.3) is 11.8 Å². The summed E-state index contributed by atoms with van der Waals surface area (Å²) in [6, 6.07) is 13.1. The van der Waals surface area contributed by atoms with Gasteiger partial charge in [-0.15, -0.1) is 0 Å². The summed E-state index contributed by atoms with van der Waals surface area (Å²) in [7, 11) is 6.89. The molecule has 1 aliphatic heterocycles. The summed E-state index contributed by atoms with van der Waals surface area (Å²) >= 11 is 0. The van der Waals surface area contributed by atoms with Crippen LogP contribution in [0, 0.1) is 17.2 Å². The Balaban J connectivity index is 1.49. The molecule has 2 aliphatic carbocycles. The molecule has 3 aromatic rings. The quantitative estimate of drug-likeness (QED) is 0.357. The van der Waals surface area contributed by atoms with Crippen molar-refractivity contribution in [2.75, 3.05) is 34.7 Å². The Morgan fingerprint density at radius 1 is 0.980 bits per heavy atom. The van der Waals surface area contributed by atoms with Gasteiger partial charge < -0.3 is 20.0 Å². The van der Waals surface area contributed by atoms with E-state index in [0.29, 0.717) is 42.1 Å². The third kappa shape index (κ3) is 6.05. The molecular weight excluding hydrogens is 620 g/mol. The number of rotatable bonds is 9. The Kier molecular flexibility index (Phi) is 9.00. The van der Waals surface area contributed by atoms with Crippen molar-refractivity contribution in [2.45, 2.75) is 82.5 Å². The van der Waals surface area contributed by atoms with Crippen LogP contribution in [0.2, 0.25) is 0 Å². The molecule has 2 N–H and O–H groups in total. The van der Waals surface area contributed by atoms with E-state index >= 15 is 0 Å². The smallest absolute Gasteiger partial charge is 0.343 e. The molecule has 0 spiro atoms. The SMILES string of the molecule is CC(C)n1nc(C2(C[C@@H](C)NCC(=O)N3[C@H](C#N)C[C@@H]4C[C@@H]43)c3ccc(C(=O)N(C)C)cc3CCc3cc(C(=O)N(C)C)ccc32)[nH]c1=O. The van der Waals surface area contributed by atoms with Gasteiger partial charge in [0.2, 0.25) is 5.91 Å². The standard InChI is InChI=1S/C37H46N8O4/c1-21(2)45-36(49)40-35(41-45)37(18-22(3)39-20-32(46)44-28(19-38)16-27-17-31(27)44)29-12-10-25(33(47)42(4)5)14-23(29)8-9-24-15-26(11-13-30(24)37)34(48)43(6)7/h10-15,21-22,27-28,31,39H,8-9,16-18,20H2,1-7H3,(H,40,41,49)/t22-,27-,28+,31+/m1/s1. The second-order valence-corrected chi connectivity index (χ2v) is 14.6. The van der Waals surface area contributed by atoms with Crippen molar-refractivity contribution < 1.29 is 14.4 Å². The van der Waals surface area contributed by atoms with Crippen LogP contribution in [0.1, 0.15) is 94.9 Å². The van der Waals surface area contributed by atoms with Crippen LogP contribution < -0.4 is 11.0 Å². The summed E-state index contributed by atoms with van der Waals surface area (Å²) in [5.74, 6) is 0.565. The minimum Gasteiger partial charge on any atom is -0.345 e. The zero-order valence-corrected chi connectivity index (χ0v) is 29.4. The number of aromatic nitrogens is 3. The van der Waals surface area contributed by atoms with E-state index in [2.05, 4.69) is 16.4 Å². The lowest BCUT2D eigenvalue weighted by atomic mass is 9.67. The number of nitrogens with zero attached hydrogens (tertiary/aromatic N) is 6. The zero-order valence-electron chi connectivity index (χ0n) is 29.4. The van der Waals surface area contributed by atoms with Crippen molar-refractivity contribution in [3.63, 3.8) is 0 Å². The summed E-state index contributed by atoms with van der Waals surface area (Å²) in [6.07, 6.45) is 3.29. The number of carbonyl (C=O) groups excluding carboxylic acids is 3. The third-order valence-corrected chi connectivity index (χ3v) is 10.4. The van der Waals surface area contributed by atoms with Gasteiger partial charge in [0.15, 0.2) is 0 Å². The van der Waals surface area contributed by atoms with Crippen LogP contribution >= 0.6 is 0 Å². The molecule has 3 aliphatic rings. The monoisotopic (exact) mass is 666 g/mol. The average Bonchev–Trinajstić information content (AvgIpc) is 3.60. The lowest BCUT2D eigenvalue weighted by Gasteiger charge is -2.37. The predicted octanol–water partition coefficient (Wildman–Crippen LogP) is 2.87. The molecule has 3 amide bonds. The Bertz CT molecular complexity index is 1830. The minimum absolute atomic E-state index is 0.0713. The van der Waals surface area contributed by atoms with E-state index in [4.69, 9.17) is 5.10 Å². The maximum atomic E-state index is 13.5. The van der Waals surface area contributed by atoms with Crippen LogP contribution in [0.5, 0.6) is 0 Å². The first-order valence-corrected chi connectivity index (χ1v) is 17.1. The highest BCUT2D eigenvalue weighted by atomic mass is 16.2. The third-order valence-electron chi connectivity index (χ3n) is 10.4. The van der Waals surface area contributed by atoms with E-state index in [1.165, 1.54) is 4.68 Å². The molecule has 4 atom stereocenters. The van der Waals surface area contributed by atoms with Gasteiger partial charge in [-0.3, -0.25) is 19.4 Å². The van der Waals surface area contributed by atoms with Crippen LogP contribution in [0.3, 0.4) is 0 Å². The normalized spacial score (nSPS) is 20.8. The van der Waals surface area contributed by atoms with Crippen LogP contribution in [0.15, 0.2) is 41.2 Å². The highest BCUT2D eigenvalue weighted by Gasteiger charge is 2.54. The number of H-pyrrole nitrogens is 1. The van der Waals surface area contributed by atoms with Gasteiger partial charge in [0.05, 0.1) is 24.1 Å². The molecule has 6 rings (SSSR count). The first-order valence-electron chi connectivity index (χ1n) is 17.1. The van der Waals surface area contributed by atoms with E-state index in [9.17, 15) is 24.4 Å². The second-order valence-electron chi connectivity index (χ2n) is 14.6. The topological polar surface area (TPSA) is 147 Å². The fourth-order valence-corrected chi connectivity index (χ4v) is 7.90. The largest absolute Gasteiger partial charge is 0.345 e. The highest BCUT2D eigenvalue weighted by molar-refractivity contribution is 5.95. The summed E-state index contributed by atoms with van der Waals surface area (Å²) in [5, 5.41) is 18.0. The zero-order chi connectivity index (χ0) is 35.4. The molecule has 49 heavy (non-hydrogen) atoms. The number of amides is 3. The summed E-state index contributed by atoms with van der Waals surface area (Å²) < 4.78 is 1.44. The number of aryl methyl sites for hydroxylation is 2. The first-order chi connectivity index (χ1) is 23.3. The number of nitriles is 1. The molecule has 12 nitrogen and oxygen atoms in total. The number of aromatic amines is 1. The molecular formula is C37H46N8O4. The fraction of sp³-hybridized carbons (Fsp3) is 0.514. The molecule has 0 bridgehead atoms. The molecule has 0 radical (unpaired) electrons. The Morgan fingerprint density at radius 2 is 1.55 bits per heavy atom. The van der Waals surface area contributed by atoms with Crippen molar-refractivity contribution >= 4 is 17.7 Å². The number of hydrogen-bond donors (Lipinski definition) is 2. The maximum Gasteiger partial charge on any atom is 0.343 e. The van der Waals surface area contributed by atoms with Crippen LogP contribution in [0.25, 0.3) is 0 Å². The summed E-state index contributed by atoms with van der Waals surface area (Å²) in [4.78, 5) is 61.1. The van der Waals surface area contributed by atoms with E-state index in [1.54, 1.807) is 42.9 Å². The lowest BCUT2D eigenvalue weighted by Crippen LogP contribution is -2.46. The number of hydrogen-bond acceptors (Lipinski definition) is 7. The van der Waals surface area contributed by atoms with Crippen molar-refractivity contribution in [1.82, 2.24) is 34.8 Å². The van der Waals surface area contributed by atoms with Crippen molar-refractivity contribution in [3.8, 4) is 6.07 Å². The molecule has 0 unspecified atom stereocenters. The number of benzene rings is 2. The van der Waals surface area contributed by atoms with Gasteiger partial charge in [-0.2, -0.15) is 10.4 Å². The second kappa shape index (κ2) is 12.9. The summed E-state index contributed by atoms with van der Waals surface area (Å²) in [5.41, 5.74) is 3.47. The van der Waals surface area contributed by atoms with Crippen LogP contribution in [-0.4, -0.2) is 100 Å². The van der Waals surface area contributed by atoms with Crippen molar-refractivity contribution in [1.29, 1.82) is 5.26 Å². The van der Waals surface area contributed by atoms with E-state index in [-0.39, 0.29) is 54.1 Å². The molecule has 1 aromatic heterocycles. The molecule has 1 saturated heterocycles. The van der Waals surface area contributed by atoms with Gasteiger partial charge in [-0.25, -0.2) is 9.48 Å². The number of carbonyl (C=O) groups is 3. The highest BCUT2D eigenvalue weighted by Crippen LogP contribution is 2.48. The van der Waals surface area contributed by atoms with E-state index in [1.807, 2.05) is 57.2 Å². The van der Waals surface area contributed by atoms with Gasteiger partial charge in [0.1, 0.15) is 11.9 Å². The molecule has 2 heterocycles. The lowest BCUT2D eigenvalue weighted by molar-refractivity contribution is -0.131. The first kappa shape index (κ1) is 34.1. The molecule has 2 fully saturated rings. The van der Waals surface area contributed by atoms with Crippen LogP contribution in [0.4, 0.5) is 0 Å². The van der Waals surface area contributed by atoms with Crippen molar-refractivity contribution in [3.05, 3.63) is 86.1 Å². The Hall–Kier alpha value is -4.76. The number of piperidine rings is 1. The van der Waals surface area contributed by atoms with Crippen molar-refractivity contribution in [2.24, 2.45) is 5.92 Å². The van der Waals surface area contributed by atoms with Gasteiger partial charge in [-0.1, -0.05) is 12.1 Å². The molecule has 12 heteroatoms. The van der Waals surface area contributed by atoms with E-state index in [0.717, 1.165) is 35.1 Å². The number of fused-ring (bicyclic) bond motifs is 3. The van der Waals surface area contributed by atoms with Crippen LogP contribution in [-0.2, 0) is 23.1 Å². The van der Waals surface area contributed by atoms with E-state index < -0.39 is 5.41 Å². The minimum atomic E-state index is -1.01. The average molecular weight is 667 g/mol. The van der Waals surface area contributed by atoms with Gasteiger partial charge in [0, 0.05) is 51.4 Å². The maximum absolute atomic E-state index is 13.5. The molecule has 258 valence electrons. The van der Waals surface area contributed by atoms with Gasteiger partial charge >= 0.3 is 5.69 Å².